The van der Waals surface area contributed by atoms with E-state index in [0.717, 1.165) is 0 Å². The largest absolute Gasteiger partial charge is 0.506 e. The van der Waals surface area contributed by atoms with Crippen LogP contribution in [0.4, 0.5) is 5.82 Å². The van der Waals surface area contributed by atoms with Gasteiger partial charge in [-0.15, -0.1) is 0 Å². The average molecular weight is 412 g/mol. The molecule has 2 aromatic carbocycles. The number of halogens is 1. The molecule has 146 valence electrons. The Labute approximate surface area is 168 Å². The van der Waals surface area contributed by atoms with Crippen molar-refractivity contribution in [2.45, 2.75) is 0 Å². The van der Waals surface area contributed by atoms with Gasteiger partial charge in [-0.2, -0.15) is 0 Å². The summed E-state index contributed by atoms with van der Waals surface area (Å²) in [6.45, 7) is 0. The van der Waals surface area contributed by atoms with Crippen LogP contribution >= 0.6 is 11.6 Å². The Morgan fingerprint density at radius 2 is 2.00 bits per heavy atom. The van der Waals surface area contributed by atoms with E-state index in [-0.39, 0.29) is 33.6 Å². The Morgan fingerprint density at radius 1 is 1.21 bits per heavy atom. The van der Waals surface area contributed by atoms with Crippen molar-refractivity contribution in [3.63, 3.8) is 0 Å². The van der Waals surface area contributed by atoms with Crippen molar-refractivity contribution >= 4 is 35.0 Å². The third kappa shape index (κ3) is 3.07. The molecule has 29 heavy (non-hydrogen) atoms. The molecule has 2 heterocycles. The molecule has 0 atom stereocenters. The van der Waals surface area contributed by atoms with Crippen molar-refractivity contribution in [2.75, 3.05) is 12.4 Å². The number of para-hydroxylation sites is 2. The molecule has 10 heteroatoms. The number of carbonyl (C=O) groups is 1. The number of hydrogen-bond donors (Lipinski definition) is 3. The SMILES string of the molecule is COc1ccccc1-n1c(=O)[nH]c2c(NC=O)nc(-c3cccc(O)c3Cl)nc21. The number of hydrogen-bond acceptors (Lipinski definition) is 6. The summed E-state index contributed by atoms with van der Waals surface area (Å²) in [4.78, 5) is 35.3. The smallest absolute Gasteiger partial charge is 0.332 e. The number of amides is 1. The molecular weight excluding hydrogens is 398 g/mol. The summed E-state index contributed by atoms with van der Waals surface area (Å²) in [5.41, 5.74) is 0.728. The summed E-state index contributed by atoms with van der Waals surface area (Å²) < 4.78 is 6.67. The molecule has 0 fully saturated rings. The molecule has 0 aliphatic carbocycles. The summed E-state index contributed by atoms with van der Waals surface area (Å²) in [7, 11) is 1.49. The van der Waals surface area contributed by atoms with Gasteiger partial charge in [-0.1, -0.05) is 29.8 Å². The van der Waals surface area contributed by atoms with E-state index in [1.165, 1.54) is 17.7 Å². The third-order valence-corrected chi connectivity index (χ3v) is 4.67. The van der Waals surface area contributed by atoms with Crippen LogP contribution in [0.25, 0.3) is 28.2 Å². The molecule has 2 aromatic heterocycles. The molecule has 0 saturated carbocycles. The summed E-state index contributed by atoms with van der Waals surface area (Å²) in [5.74, 6) is 0.514. The molecule has 3 N–H and O–H groups in total. The standard InChI is InChI=1S/C19H14ClN5O4/c1-29-13-8-3-2-6-11(13)25-18-15(22-19(25)28)17(21-9-26)23-16(24-18)10-5-4-7-12(27)14(10)20/h2-9,27H,1H3,(H,22,28)(H,21,23,24,26). The maximum Gasteiger partial charge on any atom is 0.332 e. The molecular formula is C19H14ClN5O4. The lowest BCUT2D eigenvalue weighted by Crippen LogP contribution is -2.15. The number of benzene rings is 2. The van der Waals surface area contributed by atoms with E-state index in [2.05, 4.69) is 20.3 Å². The van der Waals surface area contributed by atoms with E-state index < -0.39 is 5.69 Å². The van der Waals surface area contributed by atoms with Crippen molar-refractivity contribution in [3.05, 3.63) is 58.0 Å². The van der Waals surface area contributed by atoms with Gasteiger partial charge in [0.2, 0.25) is 6.41 Å². The van der Waals surface area contributed by atoms with Crippen molar-refractivity contribution in [1.29, 1.82) is 0 Å². The van der Waals surface area contributed by atoms with Crippen LogP contribution < -0.4 is 15.7 Å². The van der Waals surface area contributed by atoms with E-state index in [4.69, 9.17) is 16.3 Å². The van der Waals surface area contributed by atoms with Gasteiger partial charge in [0.1, 0.15) is 17.0 Å². The number of methoxy groups -OCH3 is 1. The molecule has 0 aliphatic rings. The molecule has 0 spiro atoms. The van der Waals surface area contributed by atoms with Crippen LogP contribution in [-0.2, 0) is 4.79 Å². The number of H-pyrrole nitrogens is 1. The van der Waals surface area contributed by atoms with Gasteiger partial charge in [0.05, 0.1) is 17.8 Å². The number of aromatic hydroxyl groups is 1. The number of anilines is 1. The Hall–Kier alpha value is -3.85. The summed E-state index contributed by atoms with van der Waals surface area (Å²) in [6.07, 6.45) is 0.439. The second kappa shape index (κ2) is 7.28. The minimum Gasteiger partial charge on any atom is -0.506 e. The number of phenols is 1. The highest BCUT2D eigenvalue weighted by molar-refractivity contribution is 6.34. The summed E-state index contributed by atoms with van der Waals surface area (Å²) in [6, 6.07) is 11.6. The van der Waals surface area contributed by atoms with Gasteiger partial charge in [0, 0.05) is 5.56 Å². The van der Waals surface area contributed by atoms with E-state index in [1.807, 2.05) is 0 Å². The average Bonchev–Trinajstić information content (AvgIpc) is 3.06. The minimum absolute atomic E-state index is 0.0469. The van der Waals surface area contributed by atoms with Crippen molar-refractivity contribution in [2.24, 2.45) is 0 Å². The van der Waals surface area contributed by atoms with Crippen molar-refractivity contribution in [3.8, 4) is 28.6 Å². The van der Waals surface area contributed by atoms with Gasteiger partial charge in [0.25, 0.3) is 0 Å². The highest BCUT2D eigenvalue weighted by atomic mass is 35.5. The molecule has 0 unspecified atom stereocenters. The molecule has 1 amide bonds. The lowest BCUT2D eigenvalue weighted by molar-refractivity contribution is -0.105. The van der Waals surface area contributed by atoms with Crippen LogP contribution in [0.2, 0.25) is 5.02 Å². The molecule has 0 bridgehead atoms. The zero-order chi connectivity index (χ0) is 20.5. The monoisotopic (exact) mass is 411 g/mol. The maximum atomic E-state index is 12.7. The number of nitrogens with one attached hydrogen (secondary N) is 2. The van der Waals surface area contributed by atoms with Gasteiger partial charge in [-0.05, 0) is 24.3 Å². The van der Waals surface area contributed by atoms with Gasteiger partial charge >= 0.3 is 5.69 Å². The van der Waals surface area contributed by atoms with Gasteiger partial charge in [-0.3, -0.25) is 4.79 Å². The van der Waals surface area contributed by atoms with Gasteiger partial charge in [0.15, 0.2) is 17.3 Å². The summed E-state index contributed by atoms with van der Waals surface area (Å²) in [5, 5.41) is 12.4. The third-order valence-electron chi connectivity index (χ3n) is 4.28. The number of carbonyl (C=O) groups excluding carboxylic acids is 1. The number of rotatable bonds is 5. The van der Waals surface area contributed by atoms with E-state index in [1.54, 1.807) is 36.4 Å². The van der Waals surface area contributed by atoms with Crippen LogP contribution in [-0.4, -0.2) is 38.1 Å². The number of phenolic OH excluding ortho intramolecular Hbond substituents is 1. The van der Waals surface area contributed by atoms with Crippen LogP contribution in [0.15, 0.2) is 47.3 Å². The van der Waals surface area contributed by atoms with E-state index in [0.29, 0.717) is 23.4 Å². The normalized spacial score (nSPS) is 10.8. The van der Waals surface area contributed by atoms with Crippen LogP contribution in [0.3, 0.4) is 0 Å². The topological polar surface area (TPSA) is 122 Å². The molecule has 0 radical (unpaired) electrons. The number of fused-ring (bicyclic) bond motifs is 1. The number of ether oxygens (including phenoxy) is 1. The predicted octanol–water partition coefficient (Wildman–Crippen LogP) is 2.71. The number of nitrogens with zero attached hydrogens (tertiary/aromatic N) is 3. The Bertz CT molecular complexity index is 1300. The Kier molecular flexibility index (Phi) is 4.65. The van der Waals surface area contributed by atoms with Crippen molar-refractivity contribution < 1.29 is 14.6 Å². The van der Waals surface area contributed by atoms with E-state index in [9.17, 15) is 14.7 Å². The number of aromatic nitrogens is 4. The quantitative estimate of drug-likeness (QED) is 0.434. The fraction of sp³-hybridized carbons (Fsp3) is 0.0526. The fourth-order valence-electron chi connectivity index (χ4n) is 3.00. The fourth-order valence-corrected chi connectivity index (χ4v) is 3.21. The highest BCUT2D eigenvalue weighted by Gasteiger charge is 2.20. The van der Waals surface area contributed by atoms with Crippen LogP contribution in [0, 0.1) is 0 Å². The lowest BCUT2D eigenvalue weighted by Gasteiger charge is -2.10. The highest BCUT2D eigenvalue weighted by Crippen LogP contribution is 2.34. The number of aromatic amines is 1. The van der Waals surface area contributed by atoms with Crippen LogP contribution in [0.1, 0.15) is 0 Å². The van der Waals surface area contributed by atoms with Gasteiger partial charge < -0.3 is 20.1 Å². The lowest BCUT2D eigenvalue weighted by atomic mass is 10.2. The zero-order valence-electron chi connectivity index (χ0n) is 15.0. The molecule has 4 rings (SSSR count). The Morgan fingerprint density at radius 3 is 2.76 bits per heavy atom. The van der Waals surface area contributed by atoms with Gasteiger partial charge in [-0.25, -0.2) is 19.3 Å². The molecule has 4 aromatic rings. The van der Waals surface area contributed by atoms with Crippen LogP contribution in [0.5, 0.6) is 11.5 Å². The number of imidazole rings is 1. The minimum atomic E-state index is -0.494. The van der Waals surface area contributed by atoms with E-state index >= 15 is 0 Å². The Balaban J connectivity index is 2.08. The van der Waals surface area contributed by atoms with Crippen molar-refractivity contribution in [1.82, 2.24) is 19.5 Å². The molecule has 9 nitrogen and oxygen atoms in total. The summed E-state index contributed by atoms with van der Waals surface area (Å²) >= 11 is 6.20. The predicted molar refractivity (Wildman–Crippen MR) is 108 cm³/mol. The molecule has 0 saturated heterocycles. The zero-order valence-corrected chi connectivity index (χ0v) is 15.8. The first-order chi connectivity index (χ1) is 14.0. The first-order valence-electron chi connectivity index (χ1n) is 8.39. The second-order valence-electron chi connectivity index (χ2n) is 5.93. The first kappa shape index (κ1) is 18.5. The molecule has 0 aliphatic heterocycles. The first-order valence-corrected chi connectivity index (χ1v) is 8.77. The second-order valence-corrected chi connectivity index (χ2v) is 6.31. The maximum absolute atomic E-state index is 12.7.